The van der Waals surface area contributed by atoms with E-state index < -0.39 is 5.60 Å². The molecule has 0 amide bonds. The number of aliphatic hydroxyl groups is 1. The fourth-order valence-electron chi connectivity index (χ4n) is 2.95. The lowest BCUT2D eigenvalue weighted by molar-refractivity contribution is 0.0714. The van der Waals surface area contributed by atoms with Crippen molar-refractivity contribution in [3.8, 4) is 0 Å². The lowest BCUT2D eigenvalue weighted by Crippen LogP contribution is -2.33. The molecular weight excluding hydrogens is 260 g/mol. The normalized spacial score (nSPS) is 20.4. The molecule has 3 nitrogen and oxygen atoms in total. The molecule has 3 heteroatoms. The van der Waals surface area contributed by atoms with Crippen molar-refractivity contribution in [3.63, 3.8) is 0 Å². The molecule has 1 aromatic carbocycles. The molecule has 1 atom stereocenters. The molecule has 1 saturated heterocycles. The first-order valence-electron chi connectivity index (χ1n) is 8.02. The Balaban J connectivity index is 1.84. The molecule has 118 valence electrons. The molecule has 21 heavy (non-hydrogen) atoms. The van der Waals surface area contributed by atoms with Crippen LogP contribution in [0.1, 0.15) is 37.8 Å². The number of hydrogen-bond donors (Lipinski definition) is 1. The Morgan fingerprint density at radius 3 is 2.38 bits per heavy atom. The molecule has 1 heterocycles. The molecular formula is C18H30N2O. The summed E-state index contributed by atoms with van der Waals surface area (Å²) in [6.45, 7) is 7.15. The van der Waals surface area contributed by atoms with E-state index in [1.165, 1.54) is 30.6 Å². The third-order valence-corrected chi connectivity index (χ3v) is 4.47. The van der Waals surface area contributed by atoms with Crippen molar-refractivity contribution in [2.75, 3.05) is 27.2 Å². The zero-order chi connectivity index (χ0) is 15.5. The zero-order valence-electron chi connectivity index (χ0n) is 14.0. The van der Waals surface area contributed by atoms with Crippen LogP contribution >= 0.6 is 0 Å². The number of likely N-dealkylation sites (tertiary alicyclic amines) is 1. The lowest BCUT2D eigenvalue weighted by atomic mass is 9.98. The molecule has 0 saturated carbocycles. The summed E-state index contributed by atoms with van der Waals surface area (Å²) >= 11 is 0. The van der Waals surface area contributed by atoms with Crippen LogP contribution in [-0.4, -0.2) is 53.7 Å². The van der Waals surface area contributed by atoms with Gasteiger partial charge in [-0.1, -0.05) is 24.3 Å². The van der Waals surface area contributed by atoms with Gasteiger partial charge in [-0.25, -0.2) is 0 Å². The Bertz CT molecular complexity index is 436. The van der Waals surface area contributed by atoms with Crippen molar-refractivity contribution in [2.45, 2.75) is 51.3 Å². The van der Waals surface area contributed by atoms with Crippen LogP contribution in [-0.2, 0) is 13.0 Å². The third kappa shape index (κ3) is 5.42. The highest BCUT2D eigenvalue weighted by atomic mass is 16.3. The van der Waals surface area contributed by atoms with Gasteiger partial charge in [-0.05, 0) is 64.9 Å². The van der Waals surface area contributed by atoms with Gasteiger partial charge in [0.1, 0.15) is 0 Å². The van der Waals surface area contributed by atoms with Gasteiger partial charge in [0, 0.05) is 19.1 Å². The highest BCUT2D eigenvalue weighted by Gasteiger charge is 2.23. The summed E-state index contributed by atoms with van der Waals surface area (Å²) in [5.74, 6) is 0. The summed E-state index contributed by atoms with van der Waals surface area (Å²) in [6.07, 6.45) is 3.02. The van der Waals surface area contributed by atoms with Gasteiger partial charge < -0.3 is 10.0 Å². The number of benzene rings is 1. The van der Waals surface area contributed by atoms with Crippen molar-refractivity contribution in [1.29, 1.82) is 0 Å². The molecule has 0 aromatic heterocycles. The zero-order valence-corrected chi connectivity index (χ0v) is 14.0. The molecule has 2 rings (SSSR count). The average Bonchev–Trinajstić information content (AvgIpc) is 2.84. The van der Waals surface area contributed by atoms with Crippen molar-refractivity contribution in [1.82, 2.24) is 9.80 Å². The van der Waals surface area contributed by atoms with Gasteiger partial charge in [-0.15, -0.1) is 0 Å². The quantitative estimate of drug-likeness (QED) is 0.872. The first-order chi connectivity index (χ1) is 9.83. The number of rotatable bonds is 6. The van der Waals surface area contributed by atoms with Crippen LogP contribution in [0, 0.1) is 0 Å². The van der Waals surface area contributed by atoms with E-state index in [2.05, 4.69) is 48.2 Å². The third-order valence-electron chi connectivity index (χ3n) is 4.47. The van der Waals surface area contributed by atoms with Crippen LogP contribution in [0.2, 0.25) is 0 Å². The van der Waals surface area contributed by atoms with Crippen molar-refractivity contribution in [3.05, 3.63) is 35.4 Å². The number of nitrogens with zero attached hydrogens (tertiary/aromatic N) is 2. The van der Waals surface area contributed by atoms with E-state index in [0.717, 1.165) is 19.4 Å². The average molecular weight is 290 g/mol. The lowest BCUT2D eigenvalue weighted by Gasteiger charge is -2.24. The van der Waals surface area contributed by atoms with Crippen molar-refractivity contribution < 1.29 is 5.11 Å². The first kappa shape index (κ1) is 16.5. The minimum absolute atomic E-state index is 0.576. The van der Waals surface area contributed by atoms with Gasteiger partial charge in [0.2, 0.25) is 0 Å². The minimum Gasteiger partial charge on any atom is -0.390 e. The van der Waals surface area contributed by atoms with Crippen LogP contribution in [0.5, 0.6) is 0 Å². The highest BCUT2D eigenvalue weighted by molar-refractivity contribution is 5.23. The second-order valence-electron chi connectivity index (χ2n) is 7.25. The Kier molecular flexibility index (Phi) is 5.42. The molecule has 0 bridgehead atoms. The van der Waals surface area contributed by atoms with Gasteiger partial charge in [0.05, 0.1) is 5.60 Å². The molecule has 0 radical (unpaired) electrons. The Labute approximate surface area is 129 Å². The van der Waals surface area contributed by atoms with Gasteiger partial charge >= 0.3 is 0 Å². The molecule has 1 aliphatic heterocycles. The van der Waals surface area contributed by atoms with E-state index in [0.29, 0.717) is 6.04 Å². The SMILES string of the molecule is CN1CC[C@@H](N(C)Cc2ccc(CCC(C)(C)O)cc2)C1. The fraction of sp³-hybridized carbons (Fsp3) is 0.667. The van der Waals surface area contributed by atoms with E-state index in [9.17, 15) is 5.11 Å². The predicted octanol–water partition coefficient (Wildman–Crippen LogP) is 2.53. The van der Waals surface area contributed by atoms with Crippen LogP contribution in [0.25, 0.3) is 0 Å². The molecule has 1 N–H and O–H groups in total. The number of likely N-dealkylation sites (N-methyl/N-ethyl adjacent to an activating group) is 2. The standard InChI is InChI=1S/C18H30N2O/c1-18(2,21)11-9-15-5-7-16(8-6-15)13-20(4)17-10-12-19(3)14-17/h5-8,17,21H,9-14H2,1-4H3/t17-/m1/s1. The first-order valence-corrected chi connectivity index (χ1v) is 8.02. The molecule has 1 aromatic rings. The van der Waals surface area contributed by atoms with E-state index in [4.69, 9.17) is 0 Å². The van der Waals surface area contributed by atoms with Crippen molar-refractivity contribution >= 4 is 0 Å². The number of aryl methyl sites for hydroxylation is 1. The van der Waals surface area contributed by atoms with E-state index in [1.54, 1.807) is 0 Å². The molecule has 0 spiro atoms. The van der Waals surface area contributed by atoms with Gasteiger partial charge in [0.25, 0.3) is 0 Å². The van der Waals surface area contributed by atoms with Gasteiger partial charge in [-0.3, -0.25) is 4.90 Å². The van der Waals surface area contributed by atoms with Crippen LogP contribution in [0.4, 0.5) is 0 Å². The highest BCUT2D eigenvalue weighted by Crippen LogP contribution is 2.17. The molecule has 0 aliphatic carbocycles. The summed E-state index contributed by atoms with van der Waals surface area (Å²) in [6, 6.07) is 9.56. The number of hydrogen-bond acceptors (Lipinski definition) is 3. The smallest absolute Gasteiger partial charge is 0.0594 e. The van der Waals surface area contributed by atoms with Gasteiger partial charge in [0.15, 0.2) is 0 Å². The Morgan fingerprint density at radius 2 is 1.86 bits per heavy atom. The summed E-state index contributed by atoms with van der Waals surface area (Å²) in [7, 11) is 4.43. The second kappa shape index (κ2) is 6.91. The molecule has 1 aliphatic rings. The van der Waals surface area contributed by atoms with E-state index >= 15 is 0 Å². The minimum atomic E-state index is -0.576. The van der Waals surface area contributed by atoms with Crippen molar-refractivity contribution in [2.24, 2.45) is 0 Å². The maximum atomic E-state index is 9.78. The van der Waals surface area contributed by atoms with Crippen LogP contribution in [0.15, 0.2) is 24.3 Å². The summed E-state index contributed by atoms with van der Waals surface area (Å²) in [5, 5.41) is 9.78. The summed E-state index contributed by atoms with van der Waals surface area (Å²) in [4.78, 5) is 4.87. The van der Waals surface area contributed by atoms with E-state index in [-0.39, 0.29) is 0 Å². The van der Waals surface area contributed by atoms with Gasteiger partial charge in [-0.2, -0.15) is 0 Å². The van der Waals surface area contributed by atoms with Crippen LogP contribution < -0.4 is 0 Å². The maximum Gasteiger partial charge on any atom is 0.0594 e. The Morgan fingerprint density at radius 1 is 1.24 bits per heavy atom. The summed E-state index contributed by atoms with van der Waals surface area (Å²) < 4.78 is 0. The maximum absolute atomic E-state index is 9.78. The topological polar surface area (TPSA) is 26.7 Å². The monoisotopic (exact) mass is 290 g/mol. The Hall–Kier alpha value is -0.900. The van der Waals surface area contributed by atoms with E-state index in [1.807, 2.05) is 13.8 Å². The van der Waals surface area contributed by atoms with Crippen LogP contribution in [0.3, 0.4) is 0 Å². The molecule has 0 unspecified atom stereocenters. The predicted molar refractivity (Wildman–Crippen MR) is 88.4 cm³/mol. The summed E-state index contributed by atoms with van der Waals surface area (Å²) in [5.41, 5.74) is 2.11. The largest absolute Gasteiger partial charge is 0.390 e. The molecule has 1 fully saturated rings. The second-order valence-corrected chi connectivity index (χ2v) is 7.25. The fourth-order valence-corrected chi connectivity index (χ4v) is 2.95.